The third-order valence-electron chi connectivity index (χ3n) is 17.5. The molecule has 1 aliphatic heterocycles. The van der Waals surface area contributed by atoms with Crippen LogP contribution in [0.15, 0.2) is 147 Å². The van der Waals surface area contributed by atoms with Gasteiger partial charge in [-0.2, -0.15) is 0 Å². The normalized spacial score (nSPS) is 12.5. The Balaban J connectivity index is 0.000000113. The number of methoxy groups -OCH3 is 1. The van der Waals surface area contributed by atoms with Crippen LogP contribution in [0, 0.1) is 69.2 Å². The number of aryl methyl sites for hydroxylation is 11. The number of thiazole rings is 4. The van der Waals surface area contributed by atoms with Crippen LogP contribution in [-0.4, -0.2) is 38.9 Å². The number of furan rings is 3. The van der Waals surface area contributed by atoms with Gasteiger partial charge >= 0.3 is 0 Å². The third kappa shape index (κ3) is 12.0. The van der Waals surface area contributed by atoms with Crippen LogP contribution in [0.3, 0.4) is 0 Å². The van der Waals surface area contributed by atoms with Crippen LogP contribution in [0.4, 0.5) is 5.13 Å². The van der Waals surface area contributed by atoms with Crippen LogP contribution < -0.4 is 9.64 Å². The fourth-order valence-corrected chi connectivity index (χ4v) is 16.2. The molecular weight excluding hydrogens is 1230 g/mol. The average Bonchev–Trinajstić information content (AvgIpc) is 1.61. The third-order valence-corrected chi connectivity index (χ3v) is 22.1. The fraction of sp³-hybridized carbons (Fsp3) is 0.231. The van der Waals surface area contributed by atoms with Gasteiger partial charge in [-0.1, -0.05) is 105 Å². The van der Waals surface area contributed by atoms with Crippen molar-refractivity contribution in [3.63, 3.8) is 0 Å². The van der Waals surface area contributed by atoms with Crippen LogP contribution in [-0.2, 0) is 6.42 Å². The molecule has 15 heteroatoms. The number of carbonyl (C=O) groups excluding carboxylic acids is 2. The predicted molar refractivity (Wildman–Crippen MR) is 388 cm³/mol. The zero-order chi connectivity index (χ0) is 65.3. The second-order valence-electron chi connectivity index (χ2n) is 24.5. The molecule has 0 fully saturated rings. The number of amides is 2. The number of ether oxygens (including phenoxy) is 1. The highest BCUT2D eigenvalue weighted by Crippen LogP contribution is 2.42. The van der Waals surface area contributed by atoms with Gasteiger partial charge < -0.3 is 18.0 Å². The van der Waals surface area contributed by atoms with Gasteiger partial charge in [-0.15, -0.1) is 34.0 Å². The van der Waals surface area contributed by atoms with Crippen molar-refractivity contribution in [3.8, 4) is 38.1 Å². The monoisotopic (exact) mass is 1300 g/mol. The molecule has 0 N–H and O–H groups in total. The lowest BCUT2D eigenvalue weighted by atomic mass is 9.98. The summed E-state index contributed by atoms with van der Waals surface area (Å²) >= 11 is 6.45. The van der Waals surface area contributed by atoms with Crippen molar-refractivity contribution in [1.82, 2.24) is 19.9 Å². The van der Waals surface area contributed by atoms with Crippen LogP contribution >= 0.6 is 45.3 Å². The Morgan fingerprint density at radius 3 is 1.46 bits per heavy atom. The first-order chi connectivity index (χ1) is 44.7. The standard InChI is InChI=1S/C21H21NOS.C20H19NOS.C19H17NOS.C18H14N2O3S/c1-5-12(2)15-8-9-17-16(10-15)11-18(23-17)21-22-19-13(3)6-7-14(4)20(19)24-21;1-4-5-14-8-9-16-15(10-14)11-17(22-16)20-21-18-12(2)6-7-13(3)19(18)23-20;1-10-7-13(4)14-9-16(21-15(14)8-10)19-20-17-11(2)5-6-12(3)18(17)22-19;1-9-4-5-10(2)15-14(9)16(21)20(17(15)22)18-19-12-7-6-11(23-3)8-13(12)24-18/h6-12H,5H2,1-4H3;6-11H,4-5H2,1-3H3;5-9H,1-4H3;4-8H,1-3H3. The van der Waals surface area contributed by atoms with Crippen molar-refractivity contribution in [2.24, 2.45) is 0 Å². The number of anilines is 1. The number of rotatable bonds is 9. The van der Waals surface area contributed by atoms with E-state index in [1.54, 1.807) is 41.1 Å². The molecule has 11 nitrogen and oxygen atoms in total. The minimum atomic E-state index is -0.303. The highest BCUT2D eigenvalue weighted by molar-refractivity contribution is 7.23. The molecule has 0 saturated heterocycles. The number of hydrogen-bond acceptors (Lipinski definition) is 14. The van der Waals surface area contributed by atoms with E-state index in [1.165, 1.54) is 96.7 Å². The summed E-state index contributed by atoms with van der Waals surface area (Å²) in [6.07, 6.45) is 3.41. The molecular formula is C78H71N5O6S4. The maximum absolute atomic E-state index is 12.8. The van der Waals surface area contributed by atoms with Gasteiger partial charge in [0, 0.05) is 16.2 Å². The number of hydrogen-bond donors (Lipinski definition) is 0. The second-order valence-corrected chi connectivity index (χ2v) is 28.5. The fourth-order valence-electron chi connectivity index (χ4n) is 12.0. The summed E-state index contributed by atoms with van der Waals surface area (Å²) in [5.41, 5.74) is 22.1. The van der Waals surface area contributed by atoms with E-state index in [1.807, 2.05) is 44.2 Å². The minimum Gasteiger partial charge on any atom is -0.497 e. The van der Waals surface area contributed by atoms with Crippen LogP contribution in [0.25, 0.3) is 106 Å². The zero-order valence-electron chi connectivity index (χ0n) is 54.7. The van der Waals surface area contributed by atoms with Crippen molar-refractivity contribution >= 4 is 136 Å². The zero-order valence-corrected chi connectivity index (χ0v) is 58.0. The summed E-state index contributed by atoms with van der Waals surface area (Å²) in [7, 11) is 1.60. The molecule has 7 aromatic heterocycles. The first kappa shape index (κ1) is 62.7. The Morgan fingerprint density at radius 2 is 0.957 bits per heavy atom. The van der Waals surface area contributed by atoms with E-state index >= 15 is 0 Å². The Morgan fingerprint density at radius 1 is 0.473 bits per heavy atom. The van der Waals surface area contributed by atoms with Gasteiger partial charge in [-0.3, -0.25) is 9.59 Å². The molecule has 0 aliphatic carbocycles. The molecule has 2 amide bonds. The predicted octanol–water partition coefficient (Wildman–Crippen LogP) is 22.8. The Labute approximate surface area is 556 Å². The lowest BCUT2D eigenvalue weighted by Crippen LogP contribution is -2.29. The van der Waals surface area contributed by atoms with E-state index in [2.05, 4.69) is 184 Å². The van der Waals surface area contributed by atoms with Gasteiger partial charge in [0.05, 0.1) is 59.1 Å². The quantitative estimate of drug-likeness (QED) is 0.128. The van der Waals surface area contributed by atoms with Gasteiger partial charge in [0.1, 0.15) is 22.5 Å². The first-order valence-corrected chi connectivity index (χ1v) is 34.6. The molecule has 1 unspecified atom stereocenters. The van der Waals surface area contributed by atoms with Crippen LogP contribution in [0.2, 0.25) is 0 Å². The molecule has 8 heterocycles. The van der Waals surface area contributed by atoms with Crippen LogP contribution in [0.5, 0.6) is 5.75 Å². The summed E-state index contributed by atoms with van der Waals surface area (Å²) < 4.78 is 28.0. The van der Waals surface area contributed by atoms with E-state index in [0.717, 1.165) is 112 Å². The highest BCUT2D eigenvalue weighted by atomic mass is 32.1. The van der Waals surface area contributed by atoms with E-state index < -0.39 is 0 Å². The lowest BCUT2D eigenvalue weighted by molar-refractivity contribution is 0.0925. The Hall–Kier alpha value is -9.12. The topological polar surface area (TPSA) is 138 Å². The van der Waals surface area contributed by atoms with Crippen molar-refractivity contribution in [1.29, 1.82) is 0 Å². The Bertz CT molecular complexity index is 5280. The first-order valence-electron chi connectivity index (χ1n) is 31.4. The van der Waals surface area contributed by atoms with Gasteiger partial charge in [0.15, 0.2) is 32.3 Å². The molecule has 93 heavy (non-hydrogen) atoms. The maximum atomic E-state index is 12.8. The van der Waals surface area contributed by atoms with Crippen molar-refractivity contribution in [2.45, 2.75) is 115 Å². The summed E-state index contributed by atoms with van der Waals surface area (Å²) in [5, 5.41) is 6.78. The van der Waals surface area contributed by atoms with Crippen molar-refractivity contribution in [2.75, 3.05) is 12.0 Å². The van der Waals surface area contributed by atoms with Crippen molar-refractivity contribution in [3.05, 3.63) is 211 Å². The second kappa shape index (κ2) is 25.4. The van der Waals surface area contributed by atoms with E-state index in [4.69, 9.17) is 32.9 Å². The number of aromatic nitrogens is 4. The average molecular weight is 1300 g/mol. The molecule has 1 atom stereocenters. The van der Waals surface area contributed by atoms with E-state index in [9.17, 15) is 9.59 Å². The van der Waals surface area contributed by atoms with E-state index in [-0.39, 0.29) is 11.8 Å². The van der Waals surface area contributed by atoms with Gasteiger partial charge in [-0.25, -0.2) is 24.8 Å². The summed E-state index contributed by atoms with van der Waals surface area (Å²) in [4.78, 5) is 45.8. The number of carbonyl (C=O) groups is 2. The lowest BCUT2D eigenvalue weighted by Gasteiger charge is -2.08. The van der Waals surface area contributed by atoms with Gasteiger partial charge in [0.2, 0.25) is 5.13 Å². The molecule has 0 spiro atoms. The van der Waals surface area contributed by atoms with Crippen molar-refractivity contribution < 1.29 is 27.6 Å². The number of imide groups is 1. The maximum Gasteiger partial charge on any atom is 0.268 e. The SMILES string of the molecule is CCC(C)c1ccc2oc(-c3nc4c(C)ccc(C)c4s3)cc2c1.CCCc1ccc2oc(-c3nc4c(C)ccc(C)c4s3)cc2c1.COc1ccc2nc(N3C(=O)c4c(C)ccc(C)c4C3=O)sc2c1.Cc1cc(C)c2cc(-c3nc4c(C)ccc(C)c4s3)oc2c1. The molecule has 0 radical (unpaired) electrons. The summed E-state index contributed by atoms with van der Waals surface area (Å²) in [5.74, 6) is 3.28. The smallest absolute Gasteiger partial charge is 0.268 e. The number of fused-ring (bicyclic) bond motifs is 8. The molecule has 0 bridgehead atoms. The molecule has 8 aromatic carbocycles. The molecule has 15 aromatic rings. The Kier molecular flexibility index (Phi) is 17.1. The molecule has 0 saturated carbocycles. The molecule has 16 rings (SSSR count). The summed E-state index contributed by atoms with van der Waals surface area (Å²) in [6, 6.07) is 45.7. The molecule has 468 valence electrons. The highest BCUT2D eigenvalue weighted by Gasteiger charge is 2.40. The largest absolute Gasteiger partial charge is 0.497 e. The number of nitrogens with zero attached hydrogens (tertiary/aromatic N) is 5. The summed E-state index contributed by atoms with van der Waals surface area (Å²) in [6.45, 7) is 27.4. The number of benzene rings is 8. The van der Waals surface area contributed by atoms with Gasteiger partial charge in [0.25, 0.3) is 11.8 Å². The van der Waals surface area contributed by atoms with E-state index in [0.29, 0.717) is 27.9 Å². The van der Waals surface area contributed by atoms with Gasteiger partial charge in [-0.05, 0) is 221 Å². The minimum absolute atomic E-state index is 0.303. The van der Waals surface area contributed by atoms with Crippen LogP contribution in [0.1, 0.15) is 127 Å². The molecule has 1 aliphatic rings.